The van der Waals surface area contributed by atoms with Crippen molar-refractivity contribution in [2.45, 2.75) is 45.4 Å². The van der Waals surface area contributed by atoms with E-state index >= 15 is 0 Å². The zero-order valence-corrected chi connectivity index (χ0v) is 12.8. The van der Waals surface area contributed by atoms with Crippen LogP contribution in [-0.4, -0.2) is 5.75 Å². The molecule has 1 aromatic rings. The minimum Gasteiger partial charge on any atom is -0.122 e. The zero-order valence-electron chi connectivity index (χ0n) is 12.0. The lowest BCUT2D eigenvalue weighted by Crippen LogP contribution is -1.81. The van der Waals surface area contributed by atoms with Gasteiger partial charge in [0.1, 0.15) is 0 Å². The molecule has 0 aliphatic carbocycles. The van der Waals surface area contributed by atoms with Crippen LogP contribution in [0.15, 0.2) is 52.5 Å². The molecule has 0 N–H and O–H groups in total. The van der Waals surface area contributed by atoms with Crippen molar-refractivity contribution in [1.82, 2.24) is 0 Å². The first kappa shape index (κ1) is 15.1. The number of aryl methyl sites for hydroxylation is 1. The van der Waals surface area contributed by atoms with Gasteiger partial charge >= 0.3 is 0 Å². The third-order valence-electron chi connectivity index (χ3n) is 2.79. The Morgan fingerprint density at radius 1 is 1.06 bits per heavy atom. The summed E-state index contributed by atoms with van der Waals surface area (Å²) in [5.74, 6) is 1.07. The fraction of sp³-hybridized carbons (Fsp3) is 0.412. The van der Waals surface area contributed by atoms with Crippen LogP contribution in [0.4, 0.5) is 0 Å². The molecular weight excluding hydrogens is 236 g/mol. The highest BCUT2D eigenvalue weighted by Crippen LogP contribution is 2.19. The van der Waals surface area contributed by atoms with E-state index in [9.17, 15) is 0 Å². The minimum absolute atomic E-state index is 1.07. The van der Waals surface area contributed by atoms with E-state index in [0.717, 1.165) is 5.75 Å². The van der Waals surface area contributed by atoms with Crippen LogP contribution in [0.3, 0.4) is 0 Å². The van der Waals surface area contributed by atoms with Crippen molar-refractivity contribution >= 4 is 11.8 Å². The summed E-state index contributed by atoms with van der Waals surface area (Å²) in [6, 6.07) is 8.75. The molecule has 0 bridgehead atoms. The molecule has 18 heavy (non-hydrogen) atoms. The molecule has 0 fully saturated rings. The second-order valence-electron chi connectivity index (χ2n) is 4.99. The molecule has 1 heteroatoms. The van der Waals surface area contributed by atoms with E-state index in [1.165, 1.54) is 34.4 Å². The third kappa shape index (κ3) is 6.70. The van der Waals surface area contributed by atoms with Gasteiger partial charge in [-0.25, -0.2) is 0 Å². The van der Waals surface area contributed by atoms with Crippen molar-refractivity contribution in [3.05, 3.63) is 53.1 Å². The van der Waals surface area contributed by atoms with Crippen molar-refractivity contribution in [2.24, 2.45) is 0 Å². The van der Waals surface area contributed by atoms with Crippen LogP contribution < -0.4 is 0 Å². The maximum absolute atomic E-state index is 2.35. The van der Waals surface area contributed by atoms with Gasteiger partial charge in [0.2, 0.25) is 0 Å². The molecule has 0 aliphatic rings. The van der Waals surface area contributed by atoms with Gasteiger partial charge in [-0.15, -0.1) is 11.8 Å². The molecule has 98 valence electrons. The number of benzene rings is 1. The van der Waals surface area contributed by atoms with Gasteiger partial charge in [0.05, 0.1) is 0 Å². The SMILES string of the molecule is CC(C)=CCC/C(C)=C/CSc1ccc(C)cc1. The molecule has 0 saturated carbocycles. The van der Waals surface area contributed by atoms with Crippen molar-refractivity contribution in [3.8, 4) is 0 Å². The molecule has 0 saturated heterocycles. The van der Waals surface area contributed by atoms with E-state index in [1.54, 1.807) is 0 Å². The lowest BCUT2D eigenvalue weighted by Gasteiger charge is -2.01. The van der Waals surface area contributed by atoms with Crippen LogP contribution in [0.25, 0.3) is 0 Å². The number of thioether (sulfide) groups is 1. The Morgan fingerprint density at radius 2 is 1.72 bits per heavy atom. The number of hydrogen-bond acceptors (Lipinski definition) is 1. The molecule has 0 unspecified atom stereocenters. The van der Waals surface area contributed by atoms with Gasteiger partial charge in [0, 0.05) is 10.6 Å². The molecule has 1 aromatic carbocycles. The molecule has 0 spiro atoms. The van der Waals surface area contributed by atoms with E-state index in [-0.39, 0.29) is 0 Å². The highest BCUT2D eigenvalue weighted by atomic mass is 32.2. The van der Waals surface area contributed by atoms with Crippen LogP contribution in [0.2, 0.25) is 0 Å². The number of allylic oxidation sites excluding steroid dienone is 3. The topological polar surface area (TPSA) is 0 Å². The lowest BCUT2D eigenvalue weighted by molar-refractivity contribution is 0.964. The number of hydrogen-bond donors (Lipinski definition) is 0. The summed E-state index contributed by atoms with van der Waals surface area (Å²) in [5, 5.41) is 0. The molecule has 0 nitrogen and oxygen atoms in total. The summed E-state index contributed by atoms with van der Waals surface area (Å²) in [7, 11) is 0. The van der Waals surface area contributed by atoms with Crippen LogP contribution in [0, 0.1) is 6.92 Å². The van der Waals surface area contributed by atoms with Gasteiger partial charge in [0.15, 0.2) is 0 Å². The zero-order chi connectivity index (χ0) is 13.4. The van der Waals surface area contributed by atoms with E-state index in [2.05, 4.69) is 64.1 Å². The van der Waals surface area contributed by atoms with Crippen LogP contribution in [0.1, 0.15) is 39.2 Å². The molecule has 0 radical (unpaired) electrons. The Morgan fingerprint density at radius 3 is 2.33 bits per heavy atom. The summed E-state index contributed by atoms with van der Waals surface area (Å²) < 4.78 is 0. The molecule has 0 aliphatic heterocycles. The summed E-state index contributed by atoms with van der Waals surface area (Å²) in [4.78, 5) is 1.36. The fourth-order valence-corrected chi connectivity index (χ4v) is 2.49. The highest BCUT2D eigenvalue weighted by Gasteiger charge is 1.93. The Bertz CT molecular complexity index is 406. The third-order valence-corrected chi connectivity index (χ3v) is 3.73. The standard InChI is InChI=1S/C17H24S/c1-14(2)6-5-7-15(3)12-13-18-17-10-8-16(4)9-11-17/h6,8-12H,5,7,13H2,1-4H3/b15-12+. The Labute approximate surface area is 116 Å². The second-order valence-corrected chi connectivity index (χ2v) is 6.09. The fourth-order valence-electron chi connectivity index (χ4n) is 1.61. The second kappa shape index (κ2) is 8.20. The van der Waals surface area contributed by atoms with Gasteiger partial charge in [-0.1, -0.05) is 41.0 Å². The van der Waals surface area contributed by atoms with Gasteiger partial charge in [-0.05, 0) is 52.7 Å². The molecule has 1 rings (SSSR count). The summed E-state index contributed by atoms with van der Waals surface area (Å²) in [6.45, 7) is 8.68. The molecule has 0 amide bonds. The maximum Gasteiger partial charge on any atom is 0.0163 e. The predicted molar refractivity (Wildman–Crippen MR) is 84.3 cm³/mol. The molecule has 0 heterocycles. The largest absolute Gasteiger partial charge is 0.122 e. The predicted octanol–water partition coefficient (Wildman–Crippen LogP) is 5.78. The summed E-state index contributed by atoms with van der Waals surface area (Å²) in [6.07, 6.45) is 7.01. The van der Waals surface area contributed by atoms with Crippen LogP contribution in [-0.2, 0) is 0 Å². The highest BCUT2D eigenvalue weighted by molar-refractivity contribution is 7.99. The van der Waals surface area contributed by atoms with Gasteiger partial charge in [-0.3, -0.25) is 0 Å². The quantitative estimate of drug-likeness (QED) is 0.461. The van der Waals surface area contributed by atoms with Gasteiger partial charge < -0.3 is 0 Å². The first-order valence-electron chi connectivity index (χ1n) is 6.56. The van der Waals surface area contributed by atoms with E-state index < -0.39 is 0 Å². The Hall–Kier alpha value is -0.950. The monoisotopic (exact) mass is 260 g/mol. The molecule has 0 atom stereocenters. The van der Waals surface area contributed by atoms with Crippen molar-refractivity contribution in [1.29, 1.82) is 0 Å². The number of rotatable bonds is 6. The van der Waals surface area contributed by atoms with Gasteiger partial charge in [0.25, 0.3) is 0 Å². The molecular formula is C17H24S. The smallest absolute Gasteiger partial charge is 0.0163 e. The van der Waals surface area contributed by atoms with Crippen LogP contribution >= 0.6 is 11.8 Å². The van der Waals surface area contributed by atoms with Crippen LogP contribution in [0.5, 0.6) is 0 Å². The maximum atomic E-state index is 2.35. The summed E-state index contributed by atoms with van der Waals surface area (Å²) >= 11 is 1.91. The lowest BCUT2D eigenvalue weighted by atomic mass is 10.1. The first-order chi connectivity index (χ1) is 8.58. The normalized spacial score (nSPS) is 11.4. The Kier molecular flexibility index (Phi) is 6.89. The first-order valence-corrected chi connectivity index (χ1v) is 7.55. The van der Waals surface area contributed by atoms with Gasteiger partial charge in [-0.2, -0.15) is 0 Å². The van der Waals surface area contributed by atoms with E-state index in [0.29, 0.717) is 0 Å². The summed E-state index contributed by atoms with van der Waals surface area (Å²) in [5.41, 5.74) is 4.23. The van der Waals surface area contributed by atoms with Crippen molar-refractivity contribution in [2.75, 3.05) is 5.75 Å². The average molecular weight is 260 g/mol. The minimum atomic E-state index is 1.07. The van der Waals surface area contributed by atoms with E-state index in [1.807, 2.05) is 11.8 Å². The van der Waals surface area contributed by atoms with Crippen molar-refractivity contribution in [3.63, 3.8) is 0 Å². The molecule has 0 aromatic heterocycles. The average Bonchev–Trinajstić information content (AvgIpc) is 2.31. The van der Waals surface area contributed by atoms with Crippen molar-refractivity contribution < 1.29 is 0 Å². The van der Waals surface area contributed by atoms with E-state index in [4.69, 9.17) is 0 Å². The Balaban J connectivity index is 2.31.